The molecule has 0 radical (unpaired) electrons. The maximum Gasteiger partial charge on any atom is 0.410 e. The van der Waals surface area contributed by atoms with Crippen LogP contribution in [0.5, 0.6) is 0 Å². The van der Waals surface area contributed by atoms with Gasteiger partial charge in [0.1, 0.15) is 5.60 Å². The lowest BCUT2D eigenvalue weighted by Gasteiger charge is -2.34. The smallest absolute Gasteiger partial charge is 0.410 e. The molecule has 0 aromatic rings. The van der Waals surface area contributed by atoms with Crippen molar-refractivity contribution < 1.29 is 9.53 Å². The maximum atomic E-state index is 12.4. The summed E-state index contributed by atoms with van der Waals surface area (Å²) in [6, 6.07) is 0. The molecule has 7 heteroatoms. The molecule has 2 heterocycles. The molecule has 2 aliphatic rings. The molecule has 30 heavy (non-hydrogen) atoms. The normalized spacial score (nSPS) is 23.2. The summed E-state index contributed by atoms with van der Waals surface area (Å²) in [5.74, 6) is 2.27. The first-order chi connectivity index (χ1) is 14.3. The topological polar surface area (TPSA) is 60.4 Å². The van der Waals surface area contributed by atoms with Crippen molar-refractivity contribution in [3.05, 3.63) is 0 Å². The van der Waals surface area contributed by atoms with E-state index < -0.39 is 5.60 Å². The van der Waals surface area contributed by atoms with E-state index in [9.17, 15) is 4.79 Å². The Labute approximate surface area is 184 Å². The molecule has 2 rings (SSSR count). The minimum atomic E-state index is -0.434. The molecule has 0 saturated carbocycles. The van der Waals surface area contributed by atoms with Crippen LogP contribution in [0.25, 0.3) is 0 Å². The van der Waals surface area contributed by atoms with Crippen LogP contribution in [-0.2, 0) is 4.74 Å². The van der Waals surface area contributed by atoms with Crippen molar-refractivity contribution in [2.45, 2.75) is 65.9 Å². The third-order valence-electron chi connectivity index (χ3n) is 6.21. The van der Waals surface area contributed by atoms with E-state index in [4.69, 9.17) is 4.74 Å². The van der Waals surface area contributed by atoms with Crippen molar-refractivity contribution in [1.29, 1.82) is 0 Å². The fourth-order valence-corrected chi connectivity index (χ4v) is 4.53. The summed E-state index contributed by atoms with van der Waals surface area (Å²) >= 11 is 0. The summed E-state index contributed by atoms with van der Waals surface area (Å²) in [6.45, 7) is 18.4. The first kappa shape index (κ1) is 24.8. The summed E-state index contributed by atoms with van der Waals surface area (Å²) in [7, 11) is 1.88. The Morgan fingerprint density at radius 2 is 1.80 bits per heavy atom. The zero-order chi connectivity index (χ0) is 22.1. The summed E-state index contributed by atoms with van der Waals surface area (Å²) in [5.41, 5.74) is -0.434. The van der Waals surface area contributed by atoms with Gasteiger partial charge in [-0.05, 0) is 71.4 Å². The molecule has 2 unspecified atom stereocenters. The molecule has 2 saturated heterocycles. The quantitative estimate of drug-likeness (QED) is 0.503. The van der Waals surface area contributed by atoms with Crippen LogP contribution in [-0.4, -0.2) is 91.8 Å². The highest BCUT2D eigenvalue weighted by Gasteiger charge is 2.28. The molecule has 174 valence electrons. The van der Waals surface area contributed by atoms with E-state index in [1.54, 1.807) is 0 Å². The maximum absolute atomic E-state index is 12.4. The molecule has 0 aromatic carbocycles. The van der Waals surface area contributed by atoms with E-state index in [2.05, 4.69) is 34.0 Å². The van der Waals surface area contributed by atoms with Crippen LogP contribution >= 0.6 is 0 Å². The van der Waals surface area contributed by atoms with Gasteiger partial charge in [-0.3, -0.25) is 4.99 Å². The lowest BCUT2D eigenvalue weighted by molar-refractivity contribution is 0.0162. The van der Waals surface area contributed by atoms with Crippen LogP contribution in [0, 0.1) is 11.8 Å². The Hall–Kier alpha value is -1.50. The fourth-order valence-electron chi connectivity index (χ4n) is 4.53. The Kier molecular flexibility index (Phi) is 9.72. The molecule has 2 atom stereocenters. The molecule has 2 fully saturated rings. The van der Waals surface area contributed by atoms with Gasteiger partial charge in [-0.25, -0.2) is 4.79 Å². The third-order valence-corrected chi connectivity index (χ3v) is 6.21. The molecule has 1 N–H and O–H groups in total. The Balaban J connectivity index is 1.74. The van der Waals surface area contributed by atoms with Crippen molar-refractivity contribution in [3.8, 4) is 0 Å². The number of rotatable bonds is 7. The number of amides is 1. The molecule has 0 bridgehead atoms. The molecule has 0 spiro atoms. The van der Waals surface area contributed by atoms with E-state index in [0.717, 1.165) is 70.5 Å². The van der Waals surface area contributed by atoms with Crippen LogP contribution in [0.4, 0.5) is 4.79 Å². The van der Waals surface area contributed by atoms with Gasteiger partial charge in [0.05, 0.1) is 0 Å². The van der Waals surface area contributed by atoms with Crippen molar-refractivity contribution >= 4 is 12.1 Å². The van der Waals surface area contributed by atoms with Crippen LogP contribution in [0.3, 0.4) is 0 Å². The molecule has 1 amide bonds. The average Bonchev–Trinajstić information content (AvgIpc) is 3.16. The van der Waals surface area contributed by atoms with Gasteiger partial charge >= 0.3 is 6.09 Å². The van der Waals surface area contributed by atoms with Gasteiger partial charge in [0.25, 0.3) is 0 Å². The van der Waals surface area contributed by atoms with Gasteiger partial charge in [-0.15, -0.1) is 0 Å². The lowest BCUT2D eigenvalue weighted by atomic mass is 9.95. The molecule has 0 aliphatic carbocycles. The van der Waals surface area contributed by atoms with Gasteiger partial charge in [0.2, 0.25) is 0 Å². The van der Waals surface area contributed by atoms with Crippen LogP contribution < -0.4 is 5.32 Å². The first-order valence-corrected chi connectivity index (χ1v) is 11.9. The molecule has 0 aromatic heterocycles. The van der Waals surface area contributed by atoms with Gasteiger partial charge in [0, 0.05) is 46.3 Å². The van der Waals surface area contributed by atoms with E-state index in [0.29, 0.717) is 5.92 Å². The number of ether oxygens (including phenoxy) is 1. The second kappa shape index (κ2) is 11.8. The third kappa shape index (κ3) is 7.97. The largest absolute Gasteiger partial charge is 0.444 e. The van der Waals surface area contributed by atoms with Crippen LogP contribution in [0.15, 0.2) is 4.99 Å². The Morgan fingerprint density at radius 3 is 2.43 bits per heavy atom. The Morgan fingerprint density at radius 1 is 1.10 bits per heavy atom. The number of hydrogen-bond donors (Lipinski definition) is 1. The lowest BCUT2D eigenvalue weighted by Crippen LogP contribution is -2.44. The van der Waals surface area contributed by atoms with Crippen molar-refractivity contribution in [2.24, 2.45) is 16.8 Å². The standard InChI is InChI=1S/C23H45N5O2/c1-7-26(8-2)16-20-12-15-27(18-20)21(24-6)25-13-11-19-10-9-14-28(17-19)22(29)30-23(3,4)5/h19-20H,7-18H2,1-6H3,(H,24,25). The second-order valence-corrected chi connectivity index (χ2v) is 9.78. The number of carbonyl (C=O) groups excluding carboxylic acids is 1. The van der Waals surface area contributed by atoms with Crippen molar-refractivity contribution in [3.63, 3.8) is 0 Å². The number of aliphatic imine (C=N–C) groups is 1. The van der Waals surface area contributed by atoms with E-state index in [1.807, 2.05) is 32.7 Å². The van der Waals surface area contributed by atoms with Crippen molar-refractivity contribution in [2.75, 3.05) is 59.4 Å². The summed E-state index contributed by atoms with van der Waals surface area (Å²) in [5, 5.41) is 3.57. The summed E-state index contributed by atoms with van der Waals surface area (Å²) in [4.78, 5) is 23.7. The predicted octanol–water partition coefficient (Wildman–Crippen LogP) is 3.26. The fraction of sp³-hybridized carbons (Fsp3) is 0.913. The first-order valence-electron chi connectivity index (χ1n) is 11.9. The number of guanidine groups is 1. The molecule has 7 nitrogen and oxygen atoms in total. The second-order valence-electron chi connectivity index (χ2n) is 9.78. The number of nitrogens with one attached hydrogen (secondary N) is 1. The number of piperidine rings is 1. The highest BCUT2D eigenvalue weighted by atomic mass is 16.6. The van der Waals surface area contributed by atoms with Crippen LogP contribution in [0.2, 0.25) is 0 Å². The molecular weight excluding hydrogens is 378 g/mol. The highest BCUT2D eigenvalue weighted by molar-refractivity contribution is 5.80. The van der Waals surface area contributed by atoms with E-state index in [-0.39, 0.29) is 6.09 Å². The van der Waals surface area contributed by atoms with Gasteiger partial charge in [-0.2, -0.15) is 0 Å². The zero-order valence-electron chi connectivity index (χ0n) is 20.2. The monoisotopic (exact) mass is 423 g/mol. The number of nitrogens with zero attached hydrogens (tertiary/aromatic N) is 4. The summed E-state index contributed by atoms with van der Waals surface area (Å²) < 4.78 is 5.55. The van der Waals surface area contributed by atoms with Gasteiger partial charge in [-0.1, -0.05) is 13.8 Å². The average molecular weight is 424 g/mol. The van der Waals surface area contributed by atoms with Crippen molar-refractivity contribution in [1.82, 2.24) is 20.0 Å². The Bertz CT molecular complexity index is 556. The van der Waals surface area contributed by atoms with Crippen LogP contribution in [0.1, 0.15) is 60.3 Å². The molecule has 2 aliphatic heterocycles. The highest BCUT2D eigenvalue weighted by Crippen LogP contribution is 2.22. The van der Waals surface area contributed by atoms with Gasteiger partial charge < -0.3 is 24.8 Å². The SMILES string of the molecule is CCN(CC)CC1CCN(C(=NC)NCCC2CCCN(C(=O)OC(C)(C)C)C2)C1. The predicted molar refractivity (Wildman–Crippen MR) is 124 cm³/mol. The molecular formula is C23H45N5O2. The minimum absolute atomic E-state index is 0.174. The number of carbonyl (C=O) groups is 1. The zero-order valence-corrected chi connectivity index (χ0v) is 20.2. The van der Waals surface area contributed by atoms with E-state index >= 15 is 0 Å². The van der Waals surface area contributed by atoms with E-state index in [1.165, 1.54) is 19.4 Å². The minimum Gasteiger partial charge on any atom is -0.444 e. The number of hydrogen-bond acceptors (Lipinski definition) is 4. The number of likely N-dealkylation sites (tertiary alicyclic amines) is 2. The summed E-state index contributed by atoms with van der Waals surface area (Å²) in [6.07, 6.45) is 4.35. The van der Waals surface area contributed by atoms with Gasteiger partial charge in [0.15, 0.2) is 5.96 Å².